The second-order valence-electron chi connectivity index (χ2n) is 5.80. The third-order valence-corrected chi connectivity index (χ3v) is 3.05. The van der Waals surface area contributed by atoms with Crippen LogP contribution >= 0.6 is 0 Å². The van der Waals surface area contributed by atoms with Crippen molar-refractivity contribution < 1.29 is 4.84 Å². The molecule has 0 aromatic carbocycles. The lowest BCUT2D eigenvalue weighted by Gasteiger charge is -2.34. The summed E-state index contributed by atoms with van der Waals surface area (Å²) in [5, 5.41) is 0. The van der Waals surface area contributed by atoms with Crippen LogP contribution in [0, 0.1) is 0 Å². The van der Waals surface area contributed by atoms with Crippen molar-refractivity contribution in [3.63, 3.8) is 0 Å². The van der Waals surface area contributed by atoms with Crippen molar-refractivity contribution in [1.29, 1.82) is 0 Å². The van der Waals surface area contributed by atoms with Gasteiger partial charge in [0.25, 0.3) is 0 Å². The van der Waals surface area contributed by atoms with Crippen molar-refractivity contribution in [2.75, 3.05) is 18.0 Å². The van der Waals surface area contributed by atoms with Crippen molar-refractivity contribution in [3.8, 4) is 0 Å². The molecule has 0 unspecified atom stereocenters. The van der Waals surface area contributed by atoms with Gasteiger partial charge in [-0.1, -0.05) is 0 Å². The monoisotopic (exact) mass is 249 g/mol. The van der Waals surface area contributed by atoms with Crippen LogP contribution in [-0.4, -0.2) is 29.7 Å². The number of anilines is 1. The van der Waals surface area contributed by atoms with Crippen LogP contribution in [0.25, 0.3) is 0 Å². The van der Waals surface area contributed by atoms with Crippen molar-refractivity contribution in [3.05, 3.63) is 24.5 Å². The predicted octanol–water partition coefficient (Wildman–Crippen LogP) is 2.37. The van der Waals surface area contributed by atoms with Gasteiger partial charge in [0.1, 0.15) is 0 Å². The summed E-state index contributed by atoms with van der Waals surface area (Å²) in [7, 11) is 0. The van der Waals surface area contributed by atoms with Gasteiger partial charge in [0.05, 0.1) is 5.60 Å². The molecule has 1 aromatic rings. The van der Waals surface area contributed by atoms with E-state index in [2.05, 4.69) is 48.3 Å². The molecule has 18 heavy (non-hydrogen) atoms. The quantitative estimate of drug-likeness (QED) is 0.835. The summed E-state index contributed by atoms with van der Waals surface area (Å²) in [5.41, 5.74) is 4.34. The molecule has 1 aliphatic heterocycles. The fraction of sp³-hybridized carbons (Fsp3) is 0.643. The molecule has 0 bridgehead atoms. The minimum Gasteiger partial charge on any atom is -0.371 e. The fourth-order valence-corrected chi connectivity index (χ4v) is 2.07. The van der Waals surface area contributed by atoms with Crippen LogP contribution in [0.4, 0.5) is 5.69 Å². The van der Waals surface area contributed by atoms with Gasteiger partial charge in [-0.15, -0.1) is 0 Å². The minimum absolute atomic E-state index is 0.123. The van der Waals surface area contributed by atoms with Gasteiger partial charge >= 0.3 is 0 Å². The molecule has 0 aliphatic carbocycles. The number of nitrogens with one attached hydrogen (secondary N) is 1. The molecule has 1 aliphatic rings. The van der Waals surface area contributed by atoms with Crippen LogP contribution in [0.2, 0.25) is 0 Å². The summed E-state index contributed by atoms with van der Waals surface area (Å²) in [4.78, 5) is 12.1. The topological polar surface area (TPSA) is 37.4 Å². The molecule has 100 valence electrons. The van der Waals surface area contributed by atoms with Crippen molar-refractivity contribution in [1.82, 2.24) is 10.5 Å². The predicted molar refractivity (Wildman–Crippen MR) is 73.4 cm³/mol. The maximum Gasteiger partial charge on any atom is 0.0813 e. The van der Waals surface area contributed by atoms with E-state index in [4.69, 9.17) is 4.84 Å². The Morgan fingerprint density at radius 2 is 1.83 bits per heavy atom. The molecule has 0 atom stereocenters. The average molecular weight is 249 g/mol. The third-order valence-electron chi connectivity index (χ3n) is 3.05. The third kappa shape index (κ3) is 3.96. The van der Waals surface area contributed by atoms with E-state index in [0.717, 1.165) is 25.9 Å². The molecule has 1 N–H and O–H groups in total. The first-order valence-electron chi connectivity index (χ1n) is 6.63. The minimum atomic E-state index is -0.123. The maximum atomic E-state index is 5.63. The number of hydrogen-bond donors (Lipinski definition) is 1. The van der Waals surface area contributed by atoms with E-state index < -0.39 is 0 Å². The van der Waals surface area contributed by atoms with Crippen LogP contribution in [-0.2, 0) is 4.84 Å². The van der Waals surface area contributed by atoms with Gasteiger partial charge in [-0.25, -0.2) is 0 Å². The van der Waals surface area contributed by atoms with Crippen LogP contribution in [0.15, 0.2) is 24.5 Å². The van der Waals surface area contributed by atoms with Gasteiger partial charge in [0.15, 0.2) is 0 Å². The standard InChI is InChI=1S/C14H23N3O/c1-14(2,3)18-16-12-6-10-17(11-7-12)13-4-8-15-9-5-13/h4-5,8-9,12,16H,6-7,10-11H2,1-3H3. The summed E-state index contributed by atoms with van der Waals surface area (Å²) in [6.07, 6.45) is 5.92. The Morgan fingerprint density at radius 1 is 1.22 bits per heavy atom. The fourth-order valence-electron chi connectivity index (χ4n) is 2.07. The normalized spacial score (nSPS) is 18.1. The number of pyridine rings is 1. The van der Waals surface area contributed by atoms with Crippen LogP contribution < -0.4 is 10.4 Å². The van der Waals surface area contributed by atoms with E-state index in [-0.39, 0.29) is 5.60 Å². The molecule has 1 aromatic heterocycles. The van der Waals surface area contributed by atoms with Gasteiger partial charge in [0, 0.05) is 37.2 Å². The van der Waals surface area contributed by atoms with Gasteiger partial charge in [-0.2, -0.15) is 5.48 Å². The molecular formula is C14H23N3O. The molecule has 4 nitrogen and oxygen atoms in total. The first-order valence-corrected chi connectivity index (χ1v) is 6.63. The molecule has 0 amide bonds. The van der Waals surface area contributed by atoms with E-state index in [1.807, 2.05) is 12.4 Å². The second-order valence-corrected chi connectivity index (χ2v) is 5.80. The lowest BCUT2D eigenvalue weighted by atomic mass is 10.1. The summed E-state index contributed by atoms with van der Waals surface area (Å²) in [5.74, 6) is 0. The number of rotatable bonds is 3. The zero-order valence-corrected chi connectivity index (χ0v) is 11.5. The average Bonchev–Trinajstić information content (AvgIpc) is 2.37. The smallest absolute Gasteiger partial charge is 0.0813 e. The largest absolute Gasteiger partial charge is 0.371 e. The molecule has 0 radical (unpaired) electrons. The second kappa shape index (κ2) is 5.67. The van der Waals surface area contributed by atoms with Crippen molar-refractivity contribution in [2.24, 2.45) is 0 Å². The Bertz CT molecular complexity index is 353. The Kier molecular flexibility index (Phi) is 4.19. The Labute approximate surface area is 109 Å². The first-order chi connectivity index (χ1) is 8.54. The maximum absolute atomic E-state index is 5.63. The van der Waals surface area contributed by atoms with Crippen LogP contribution in [0.3, 0.4) is 0 Å². The highest BCUT2D eigenvalue weighted by molar-refractivity contribution is 5.44. The summed E-state index contributed by atoms with van der Waals surface area (Å²) >= 11 is 0. The number of piperidine rings is 1. The summed E-state index contributed by atoms with van der Waals surface area (Å²) < 4.78 is 0. The molecule has 2 rings (SSSR count). The van der Waals surface area contributed by atoms with E-state index in [9.17, 15) is 0 Å². The highest BCUT2D eigenvalue weighted by atomic mass is 16.7. The van der Waals surface area contributed by atoms with E-state index in [0.29, 0.717) is 6.04 Å². The van der Waals surface area contributed by atoms with E-state index in [1.165, 1.54) is 5.69 Å². The zero-order valence-electron chi connectivity index (χ0n) is 11.5. The Morgan fingerprint density at radius 3 is 2.39 bits per heavy atom. The lowest BCUT2D eigenvalue weighted by molar-refractivity contribution is -0.0910. The summed E-state index contributed by atoms with van der Waals surface area (Å²) in [6, 6.07) is 4.60. The van der Waals surface area contributed by atoms with Crippen LogP contribution in [0.5, 0.6) is 0 Å². The van der Waals surface area contributed by atoms with E-state index in [1.54, 1.807) is 0 Å². The molecule has 1 saturated heterocycles. The van der Waals surface area contributed by atoms with Gasteiger partial charge < -0.3 is 4.90 Å². The van der Waals surface area contributed by atoms with E-state index >= 15 is 0 Å². The number of hydroxylamine groups is 1. The highest BCUT2D eigenvalue weighted by Crippen LogP contribution is 2.19. The molecule has 1 fully saturated rings. The Balaban J connectivity index is 1.78. The molecule has 2 heterocycles. The van der Waals surface area contributed by atoms with Gasteiger partial charge in [-0.05, 0) is 45.7 Å². The molecule has 0 spiro atoms. The van der Waals surface area contributed by atoms with Gasteiger partial charge in [0.2, 0.25) is 0 Å². The van der Waals surface area contributed by atoms with Crippen LogP contribution in [0.1, 0.15) is 33.6 Å². The van der Waals surface area contributed by atoms with Crippen molar-refractivity contribution in [2.45, 2.75) is 45.3 Å². The summed E-state index contributed by atoms with van der Waals surface area (Å²) in [6.45, 7) is 8.31. The number of aromatic nitrogens is 1. The molecule has 4 heteroatoms. The molecule has 0 saturated carbocycles. The number of hydrogen-bond acceptors (Lipinski definition) is 4. The molecular weight excluding hydrogens is 226 g/mol. The van der Waals surface area contributed by atoms with Gasteiger partial charge in [-0.3, -0.25) is 9.82 Å². The number of nitrogens with zero attached hydrogens (tertiary/aromatic N) is 2. The zero-order chi connectivity index (χ0) is 13.0. The Hall–Kier alpha value is -1.13. The SMILES string of the molecule is CC(C)(C)ONC1CCN(c2ccncc2)CC1. The first kappa shape index (κ1) is 13.3. The lowest BCUT2D eigenvalue weighted by Crippen LogP contribution is -2.44. The highest BCUT2D eigenvalue weighted by Gasteiger charge is 2.21. The van der Waals surface area contributed by atoms with Crippen molar-refractivity contribution >= 4 is 5.69 Å².